The summed E-state index contributed by atoms with van der Waals surface area (Å²) in [4.78, 5) is 8.58. The Balaban J connectivity index is 2.07. The van der Waals surface area contributed by atoms with Crippen molar-refractivity contribution in [1.29, 1.82) is 0 Å². The minimum Gasteiger partial charge on any atom is -0.265 e. The predicted molar refractivity (Wildman–Crippen MR) is 69.7 cm³/mol. The Bertz CT molecular complexity index is 644. The number of nitrogens with zero attached hydrogens (tertiary/aromatic N) is 4. The highest BCUT2D eigenvalue weighted by Crippen LogP contribution is 2.20. The molecule has 18 heavy (non-hydrogen) atoms. The number of benzene rings is 1. The van der Waals surface area contributed by atoms with Gasteiger partial charge >= 0.3 is 0 Å². The first-order chi connectivity index (χ1) is 8.84. The predicted octanol–water partition coefficient (Wildman–Crippen LogP) is 2.54. The first kappa shape index (κ1) is 10.7. The van der Waals surface area contributed by atoms with E-state index in [-0.39, 0.29) is 0 Å². The van der Waals surface area contributed by atoms with Crippen molar-refractivity contribution in [1.82, 2.24) is 19.7 Å². The maximum Gasteiger partial charge on any atom is 0.181 e. The third-order valence-electron chi connectivity index (χ3n) is 2.73. The van der Waals surface area contributed by atoms with Gasteiger partial charge in [0.15, 0.2) is 11.6 Å². The molecule has 0 amide bonds. The number of rotatable bonds is 2. The van der Waals surface area contributed by atoms with Crippen LogP contribution in [0.2, 0.25) is 0 Å². The van der Waals surface area contributed by atoms with Gasteiger partial charge in [-0.15, -0.1) is 0 Å². The lowest BCUT2D eigenvalue weighted by Gasteiger charge is -1.97. The van der Waals surface area contributed by atoms with E-state index in [2.05, 4.69) is 15.1 Å². The Morgan fingerprint density at radius 1 is 0.889 bits per heavy atom. The summed E-state index contributed by atoms with van der Waals surface area (Å²) in [5.74, 6) is 1.58. The number of aryl methyl sites for hydroxylation is 1. The highest BCUT2D eigenvalue weighted by Gasteiger charge is 2.10. The molecule has 0 saturated heterocycles. The Hall–Kier alpha value is -2.49. The van der Waals surface area contributed by atoms with Crippen molar-refractivity contribution >= 4 is 0 Å². The average molecular weight is 236 g/mol. The molecular weight excluding hydrogens is 224 g/mol. The number of aromatic nitrogens is 4. The normalized spacial score (nSPS) is 10.5. The summed E-state index contributed by atoms with van der Waals surface area (Å²) in [5.41, 5.74) is 2.04. The smallest absolute Gasteiger partial charge is 0.181 e. The molecule has 1 aromatic carbocycles. The molecule has 0 unspecified atom stereocenters. The zero-order valence-electron chi connectivity index (χ0n) is 9.99. The zero-order chi connectivity index (χ0) is 12.4. The number of hydrogen-bond acceptors (Lipinski definition) is 3. The van der Waals surface area contributed by atoms with Crippen molar-refractivity contribution < 1.29 is 0 Å². The Labute approximate surface area is 105 Å². The molecule has 0 aliphatic rings. The van der Waals surface area contributed by atoms with Crippen LogP contribution in [0.25, 0.3) is 22.8 Å². The number of pyridine rings is 1. The fraction of sp³-hybridized carbons (Fsp3) is 0.0714. The lowest BCUT2D eigenvalue weighted by atomic mass is 10.2. The largest absolute Gasteiger partial charge is 0.265 e. The molecule has 88 valence electrons. The molecule has 0 aliphatic heterocycles. The Morgan fingerprint density at radius 3 is 2.33 bits per heavy atom. The van der Waals surface area contributed by atoms with Crippen LogP contribution in [-0.4, -0.2) is 19.7 Å². The van der Waals surface area contributed by atoms with Gasteiger partial charge in [0.1, 0.15) is 0 Å². The molecule has 0 saturated carbocycles. The van der Waals surface area contributed by atoms with Gasteiger partial charge in [0.2, 0.25) is 0 Å². The zero-order valence-corrected chi connectivity index (χ0v) is 9.99. The van der Waals surface area contributed by atoms with Gasteiger partial charge in [-0.2, -0.15) is 5.10 Å². The van der Waals surface area contributed by atoms with Crippen molar-refractivity contribution in [2.24, 2.45) is 7.05 Å². The van der Waals surface area contributed by atoms with Crippen LogP contribution in [0.15, 0.2) is 54.9 Å². The lowest BCUT2D eigenvalue weighted by molar-refractivity contribution is 0.777. The van der Waals surface area contributed by atoms with Crippen molar-refractivity contribution in [2.45, 2.75) is 0 Å². The SMILES string of the molecule is Cn1nc(-c2ccccc2)nc1-c1ccncc1. The van der Waals surface area contributed by atoms with Gasteiger partial charge in [0, 0.05) is 30.6 Å². The van der Waals surface area contributed by atoms with Crippen molar-refractivity contribution in [3.8, 4) is 22.8 Å². The lowest BCUT2D eigenvalue weighted by Crippen LogP contribution is -1.94. The molecule has 0 fully saturated rings. The van der Waals surface area contributed by atoms with E-state index in [4.69, 9.17) is 0 Å². The van der Waals surface area contributed by atoms with E-state index in [0.717, 1.165) is 22.8 Å². The second-order valence-electron chi connectivity index (χ2n) is 3.98. The van der Waals surface area contributed by atoms with Gasteiger partial charge < -0.3 is 0 Å². The molecule has 4 nitrogen and oxygen atoms in total. The molecule has 3 rings (SSSR count). The standard InChI is InChI=1S/C14H12N4/c1-18-14(12-7-9-15-10-8-12)16-13(17-18)11-5-3-2-4-6-11/h2-10H,1H3. The minimum atomic E-state index is 0.741. The van der Waals surface area contributed by atoms with Crippen LogP contribution < -0.4 is 0 Å². The Morgan fingerprint density at radius 2 is 1.61 bits per heavy atom. The van der Waals surface area contributed by atoms with Crippen LogP contribution >= 0.6 is 0 Å². The molecule has 0 spiro atoms. The summed E-state index contributed by atoms with van der Waals surface area (Å²) < 4.78 is 1.79. The first-order valence-corrected chi connectivity index (χ1v) is 5.71. The van der Waals surface area contributed by atoms with Crippen molar-refractivity contribution in [3.63, 3.8) is 0 Å². The van der Waals surface area contributed by atoms with Gasteiger partial charge in [-0.25, -0.2) is 9.67 Å². The van der Waals surface area contributed by atoms with E-state index in [0.29, 0.717) is 0 Å². The van der Waals surface area contributed by atoms with Gasteiger partial charge in [-0.1, -0.05) is 30.3 Å². The third kappa shape index (κ3) is 1.88. The van der Waals surface area contributed by atoms with Gasteiger partial charge in [0.25, 0.3) is 0 Å². The molecule has 2 heterocycles. The number of hydrogen-bond donors (Lipinski definition) is 0. The van der Waals surface area contributed by atoms with Crippen molar-refractivity contribution in [2.75, 3.05) is 0 Å². The summed E-state index contributed by atoms with van der Waals surface area (Å²) in [6.07, 6.45) is 3.51. The maximum atomic E-state index is 4.57. The highest BCUT2D eigenvalue weighted by molar-refractivity contribution is 5.61. The highest BCUT2D eigenvalue weighted by atomic mass is 15.3. The second kappa shape index (κ2) is 4.41. The van der Waals surface area contributed by atoms with E-state index in [1.165, 1.54) is 0 Å². The minimum absolute atomic E-state index is 0.741. The first-order valence-electron chi connectivity index (χ1n) is 5.71. The van der Waals surface area contributed by atoms with Gasteiger partial charge in [-0.05, 0) is 12.1 Å². The molecular formula is C14H12N4. The summed E-state index contributed by atoms with van der Waals surface area (Å²) in [6.45, 7) is 0. The van der Waals surface area contributed by atoms with Crippen LogP contribution in [0, 0.1) is 0 Å². The summed E-state index contributed by atoms with van der Waals surface area (Å²) in [7, 11) is 1.90. The van der Waals surface area contributed by atoms with E-state index in [1.807, 2.05) is 49.5 Å². The van der Waals surface area contributed by atoms with Crippen LogP contribution in [0.3, 0.4) is 0 Å². The molecule has 0 bridgehead atoms. The molecule has 0 radical (unpaired) electrons. The molecule has 3 aromatic rings. The third-order valence-corrected chi connectivity index (χ3v) is 2.73. The molecule has 4 heteroatoms. The summed E-state index contributed by atoms with van der Waals surface area (Å²) >= 11 is 0. The summed E-state index contributed by atoms with van der Waals surface area (Å²) in [5, 5.41) is 4.44. The quantitative estimate of drug-likeness (QED) is 0.686. The fourth-order valence-corrected chi connectivity index (χ4v) is 1.85. The fourth-order valence-electron chi connectivity index (χ4n) is 1.85. The van der Waals surface area contributed by atoms with Crippen molar-refractivity contribution in [3.05, 3.63) is 54.9 Å². The van der Waals surface area contributed by atoms with Gasteiger partial charge in [0.05, 0.1) is 0 Å². The average Bonchev–Trinajstić information content (AvgIpc) is 2.83. The van der Waals surface area contributed by atoms with Crippen LogP contribution in [0.4, 0.5) is 0 Å². The summed E-state index contributed by atoms with van der Waals surface area (Å²) in [6, 6.07) is 13.8. The van der Waals surface area contributed by atoms with Crippen LogP contribution in [-0.2, 0) is 7.05 Å². The molecule has 0 atom stereocenters. The van der Waals surface area contributed by atoms with E-state index >= 15 is 0 Å². The monoisotopic (exact) mass is 236 g/mol. The van der Waals surface area contributed by atoms with E-state index in [9.17, 15) is 0 Å². The molecule has 0 aliphatic carbocycles. The van der Waals surface area contributed by atoms with E-state index in [1.54, 1.807) is 17.1 Å². The van der Waals surface area contributed by atoms with Crippen LogP contribution in [0.5, 0.6) is 0 Å². The molecule has 0 N–H and O–H groups in total. The maximum absolute atomic E-state index is 4.57. The topological polar surface area (TPSA) is 43.6 Å². The second-order valence-corrected chi connectivity index (χ2v) is 3.98. The van der Waals surface area contributed by atoms with Gasteiger partial charge in [-0.3, -0.25) is 4.98 Å². The van der Waals surface area contributed by atoms with E-state index < -0.39 is 0 Å². The van der Waals surface area contributed by atoms with Crippen LogP contribution in [0.1, 0.15) is 0 Å². The molecule has 2 aromatic heterocycles. The Kier molecular flexibility index (Phi) is 2.61.